The van der Waals surface area contributed by atoms with E-state index in [0.717, 1.165) is 19.3 Å². The Morgan fingerprint density at radius 2 is 1.75 bits per heavy atom. The van der Waals surface area contributed by atoms with Gasteiger partial charge in [-0.15, -0.1) is 0 Å². The molecule has 138 valence electrons. The first-order valence-electron chi connectivity index (χ1n) is 8.45. The number of likely N-dealkylation sites (N-methyl/N-ethyl adjacent to an activating group) is 1. The number of carbonyl (C=O) groups excluding carboxylic acids is 2. The fourth-order valence-corrected chi connectivity index (χ4v) is 2.90. The molecule has 0 spiro atoms. The number of carboxylic acid groups (broad SMARTS) is 1. The molecule has 0 heterocycles. The fourth-order valence-electron chi connectivity index (χ4n) is 2.90. The van der Waals surface area contributed by atoms with Crippen molar-refractivity contribution in [2.24, 2.45) is 0 Å². The minimum atomic E-state index is -0.926. The van der Waals surface area contributed by atoms with E-state index in [9.17, 15) is 19.5 Å². The molecule has 0 radical (unpaired) electrons. The van der Waals surface area contributed by atoms with Crippen LogP contribution < -0.4 is 5.32 Å². The van der Waals surface area contributed by atoms with Crippen LogP contribution in [-0.4, -0.2) is 52.2 Å². The van der Waals surface area contributed by atoms with Crippen molar-refractivity contribution in [3.8, 4) is 0 Å². The molecule has 0 aliphatic heterocycles. The van der Waals surface area contributed by atoms with Crippen LogP contribution in [0.25, 0.3) is 0 Å². The normalized spacial score (nSPS) is 18.4. The molecule has 7 nitrogen and oxygen atoms in total. The molecule has 0 saturated heterocycles. The van der Waals surface area contributed by atoms with Gasteiger partial charge in [0.05, 0.1) is 12.0 Å². The lowest BCUT2D eigenvalue weighted by atomic mass is 9.79. The summed E-state index contributed by atoms with van der Waals surface area (Å²) in [5.41, 5.74) is -1.36. The van der Waals surface area contributed by atoms with Crippen LogP contribution in [0.2, 0.25) is 0 Å². The van der Waals surface area contributed by atoms with Crippen LogP contribution >= 0.6 is 0 Å². The highest BCUT2D eigenvalue weighted by Crippen LogP contribution is 2.31. The van der Waals surface area contributed by atoms with Gasteiger partial charge in [-0.1, -0.05) is 19.3 Å². The molecule has 0 bridgehead atoms. The summed E-state index contributed by atoms with van der Waals surface area (Å²) in [7, 11) is 1.50. The van der Waals surface area contributed by atoms with Crippen LogP contribution in [0.15, 0.2) is 0 Å². The Kier molecular flexibility index (Phi) is 6.63. The standard InChI is InChI=1S/C17H30N2O5/c1-12(19(5)15(23)24-16(2,3)4)14(22)18-17(11-13(20)21)9-7-6-8-10-17/h12H,6-11H2,1-5H3,(H,18,22)(H,20,21)/t12-/m0/s1. The highest BCUT2D eigenvalue weighted by atomic mass is 16.6. The van der Waals surface area contributed by atoms with Crippen LogP contribution in [0.1, 0.15) is 66.2 Å². The quantitative estimate of drug-likeness (QED) is 0.800. The molecule has 1 saturated carbocycles. The maximum absolute atomic E-state index is 12.6. The molecule has 2 N–H and O–H groups in total. The smallest absolute Gasteiger partial charge is 0.410 e. The topological polar surface area (TPSA) is 95.9 Å². The lowest BCUT2D eigenvalue weighted by molar-refractivity contribution is -0.140. The van der Waals surface area contributed by atoms with Crippen molar-refractivity contribution in [3.63, 3.8) is 0 Å². The Labute approximate surface area is 143 Å². The van der Waals surface area contributed by atoms with E-state index >= 15 is 0 Å². The Hall–Kier alpha value is -1.79. The molecule has 0 aromatic heterocycles. The van der Waals surface area contributed by atoms with Crippen molar-refractivity contribution in [2.45, 2.75) is 83.4 Å². The molecule has 2 amide bonds. The lowest BCUT2D eigenvalue weighted by Crippen LogP contribution is -2.56. The van der Waals surface area contributed by atoms with E-state index in [1.165, 1.54) is 11.9 Å². The molecule has 0 unspecified atom stereocenters. The summed E-state index contributed by atoms with van der Waals surface area (Å²) in [6.45, 7) is 6.88. The molecule has 1 rings (SSSR count). The predicted octanol–water partition coefficient (Wildman–Crippen LogP) is 2.54. The minimum Gasteiger partial charge on any atom is -0.481 e. The van der Waals surface area contributed by atoms with Gasteiger partial charge in [-0.05, 0) is 40.5 Å². The van der Waals surface area contributed by atoms with Gasteiger partial charge in [0, 0.05) is 7.05 Å². The summed E-state index contributed by atoms with van der Waals surface area (Å²) in [5, 5.41) is 12.1. The number of carboxylic acids is 1. The first-order valence-corrected chi connectivity index (χ1v) is 8.45. The average molecular weight is 342 g/mol. The molecule has 0 aromatic rings. The third kappa shape index (κ3) is 6.02. The van der Waals surface area contributed by atoms with Gasteiger partial charge in [-0.3, -0.25) is 14.5 Å². The number of amides is 2. The van der Waals surface area contributed by atoms with Crippen molar-refractivity contribution in [3.05, 3.63) is 0 Å². The summed E-state index contributed by atoms with van der Waals surface area (Å²) in [6.07, 6.45) is 3.45. The Balaban J connectivity index is 2.75. The van der Waals surface area contributed by atoms with Crippen molar-refractivity contribution < 1.29 is 24.2 Å². The summed E-state index contributed by atoms with van der Waals surface area (Å²) < 4.78 is 5.26. The summed E-state index contributed by atoms with van der Waals surface area (Å²) in [5.74, 6) is -1.28. The lowest BCUT2D eigenvalue weighted by Gasteiger charge is -2.38. The number of rotatable bonds is 5. The van der Waals surface area contributed by atoms with Gasteiger partial charge in [-0.2, -0.15) is 0 Å². The Bertz CT molecular complexity index is 478. The molecule has 1 aliphatic carbocycles. The Morgan fingerprint density at radius 3 is 2.21 bits per heavy atom. The molecule has 1 atom stereocenters. The van der Waals surface area contributed by atoms with E-state index in [4.69, 9.17) is 4.74 Å². The second kappa shape index (κ2) is 7.85. The zero-order valence-corrected chi connectivity index (χ0v) is 15.3. The number of hydrogen-bond donors (Lipinski definition) is 2. The van der Waals surface area contributed by atoms with E-state index in [-0.39, 0.29) is 12.3 Å². The monoisotopic (exact) mass is 342 g/mol. The molecular formula is C17H30N2O5. The molecule has 1 aliphatic rings. The van der Waals surface area contributed by atoms with Crippen LogP contribution in [-0.2, 0) is 14.3 Å². The van der Waals surface area contributed by atoms with Crippen LogP contribution in [0.4, 0.5) is 4.79 Å². The highest BCUT2D eigenvalue weighted by molar-refractivity contribution is 5.86. The summed E-state index contributed by atoms with van der Waals surface area (Å²) >= 11 is 0. The van der Waals surface area contributed by atoms with Gasteiger partial charge < -0.3 is 15.2 Å². The molecular weight excluding hydrogens is 312 g/mol. The molecule has 0 aromatic carbocycles. The third-order valence-electron chi connectivity index (χ3n) is 4.33. The van der Waals surface area contributed by atoms with Crippen molar-refractivity contribution in [1.29, 1.82) is 0 Å². The van der Waals surface area contributed by atoms with Crippen molar-refractivity contribution in [1.82, 2.24) is 10.2 Å². The summed E-state index contributed by atoms with van der Waals surface area (Å²) in [4.78, 5) is 37.1. The predicted molar refractivity (Wildman–Crippen MR) is 89.7 cm³/mol. The third-order valence-corrected chi connectivity index (χ3v) is 4.33. The number of aliphatic carboxylic acids is 1. The average Bonchev–Trinajstić information content (AvgIpc) is 2.43. The second-order valence-electron chi connectivity index (χ2n) is 7.67. The largest absolute Gasteiger partial charge is 0.481 e. The van der Waals surface area contributed by atoms with E-state index < -0.39 is 29.2 Å². The first-order chi connectivity index (χ1) is 11.0. The van der Waals surface area contributed by atoms with Gasteiger partial charge >= 0.3 is 12.1 Å². The summed E-state index contributed by atoms with van der Waals surface area (Å²) in [6, 6.07) is -0.743. The van der Waals surface area contributed by atoms with E-state index in [2.05, 4.69) is 5.32 Å². The van der Waals surface area contributed by atoms with Crippen LogP contribution in [0.3, 0.4) is 0 Å². The SMILES string of the molecule is C[C@@H](C(=O)NC1(CC(=O)O)CCCCC1)N(C)C(=O)OC(C)(C)C. The maximum atomic E-state index is 12.6. The zero-order chi connectivity index (χ0) is 18.5. The Morgan fingerprint density at radius 1 is 1.21 bits per heavy atom. The number of ether oxygens (including phenoxy) is 1. The van der Waals surface area contributed by atoms with Crippen molar-refractivity contribution >= 4 is 18.0 Å². The van der Waals surface area contributed by atoms with Crippen LogP contribution in [0, 0.1) is 0 Å². The van der Waals surface area contributed by atoms with Gasteiger partial charge in [0.1, 0.15) is 11.6 Å². The first kappa shape index (κ1) is 20.3. The van der Waals surface area contributed by atoms with Gasteiger partial charge in [0.2, 0.25) is 5.91 Å². The molecule has 1 fully saturated rings. The second-order valence-corrected chi connectivity index (χ2v) is 7.67. The highest BCUT2D eigenvalue weighted by Gasteiger charge is 2.38. The van der Waals surface area contributed by atoms with Gasteiger partial charge in [0.15, 0.2) is 0 Å². The van der Waals surface area contributed by atoms with E-state index in [1.54, 1.807) is 27.7 Å². The van der Waals surface area contributed by atoms with E-state index in [1.807, 2.05) is 0 Å². The maximum Gasteiger partial charge on any atom is 0.410 e. The number of nitrogens with one attached hydrogen (secondary N) is 1. The molecule has 7 heteroatoms. The fraction of sp³-hybridized carbons (Fsp3) is 0.824. The van der Waals surface area contributed by atoms with E-state index in [0.29, 0.717) is 12.8 Å². The van der Waals surface area contributed by atoms with Crippen molar-refractivity contribution in [2.75, 3.05) is 7.05 Å². The minimum absolute atomic E-state index is 0.0956. The molecule has 24 heavy (non-hydrogen) atoms. The van der Waals surface area contributed by atoms with Gasteiger partial charge in [0.25, 0.3) is 0 Å². The van der Waals surface area contributed by atoms with Gasteiger partial charge in [-0.25, -0.2) is 4.79 Å². The number of hydrogen-bond acceptors (Lipinski definition) is 4. The number of nitrogens with zero attached hydrogens (tertiary/aromatic N) is 1. The number of carbonyl (C=O) groups is 3. The van der Waals surface area contributed by atoms with Crippen LogP contribution in [0.5, 0.6) is 0 Å². The zero-order valence-electron chi connectivity index (χ0n) is 15.3.